The van der Waals surface area contributed by atoms with Gasteiger partial charge in [0.1, 0.15) is 5.60 Å². The minimum absolute atomic E-state index is 0.264. The van der Waals surface area contributed by atoms with Gasteiger partial charge in [-0.3, -0.25) is 9.78 Å². The van der Waals surface area contributed by atoms with Crippen LogP contribution in [-0.2, 0) is 9.53 Å². The Morgan fingerprint density at radius 2 is 1.76 bits per heavy atom. The number of hydrogen-bond donors (Lipinski definition) is 1. The number of aromatic nitrogens is 1. The van der Waals surface area contributed by atoms with Gasteiger partial charge < -0.3 is 14.7 Å². The summed E-state index contributed by atoms with van der Waals surface area (Å²) in [4.78, 5) is 29.9. The second kappa shape index (κ2) is 8.23. The van der Waals surface area contributed by atoms with Gasteiger partial charge >= 0.3 is 12.1 Å². The van der Waals surface area contributed by atoms with Gasteiger partial charge in [-0.25, -0.2) is 4.79 Å². The summed E-state index contributed by atoms with van der Waals surface area (Å²) in [6.07, 6.45) is 3.05. The molecule has 0 radical (unpaired) electrons. The zero-order valence-electron chi connectivity index (χ0n) is 18.2. The molecule has 6 nitrogen and oxygen atoms in total. The van der Waals surface area contributed by atoms with Crippen LogP contribution in [-0.4, -0.2) is 39.7 Å². The summed E-state index contributed by atoms with van der Waals surface area (Å²) in [7, 11) is 1.69. The molecule has 0 aliphatic rings. The van der Waals surface area contributed by atoms with Crippen LogP contribution in [0.4, 0.5) is 4.79 Å². The van der Waals surface area contributed by atoms with E-state index in [1.165, 1.54) is 4.90 Å². The highest BCUT2D eigenvalue weighted by Gasteiger charge is 2.25. The first-order valence-corrected chi connectivity index (χ1v) is 9.59. The molecule has 1 N–H and O–H groups in total. The summed E-state index contributed by atoms with van der Waals surface area (Å²) in [5, 5.41) is 10.2. The Hall–Kier alpha value is -2.89. The Balaban J connectivity index is 2.29. The van der Waals surface area contributed by atoms with Crippen LogP contribution in [0.25, 0.3) is 17.0 Å². The Bertz CT molecular complexity index is 942. The first-order valence-electron chi connectivity index (χ1n) is 9.59. The largest absolute Gasteiger partial charge is 0.481 e. The molecule has 1 aromatic carbocycles. The molecule has 0 fully saturated rings. The van der Waals surface area contributed by atoms with E-state index in [9.17, 15) is 14.7 Å². The Morgan fingerprint density at radius 1 is 1.14 bits per heavy atom. The van der Waals surface area contributed by atoms with Crippen LogP contribution in [0.2, 0.25) is 0 Å². The summed E-state index contributed by atoms with van der Waals surface area (Å²) in [6, 6.07) is 9.38. The van der Waals surface area contributed by atoms with E-state index in [0.29, 0.717) is 0 Å². The molecular formula is C23H30N2O4. The molecule has 0 aliphatic carbocycles. The SMILES string of the molecule is CC(c1ccc2ccc(C=CC(C)(C)C(=O)O)cc2n1)N(C)C(=O)OC(C)(C)C. The Labute approximate surface area is 172 Å². The maximum absolute atomic E-state index is 12.3. The number of carboxylic acid groups (broad SMARTS) is 1. The van der Waals surface area contributed by atoms with Gasteiger partial charge in [0, 0.05) is 12.4 Å². The second-order valence-electron chi connectivity index (χ2n) is 8.82. The number of nitrogens with zero attached hydrogens (tertiary/aromatic N) is 2. The molecule has 1 atom stereocenters. The highest BCUT2D eigenvalue weighted by molar-refractivity contribution is 5.82. The molecule has 6 heteroatoms. The number of ether oxygens (including phenoxy) is 1. The average Bonchev–Trinajstić information content (AvgIpc) is 2.63. The molecule has 1 unspecified atom stereocenters. The lowest BCUT2D eigenvalue weighted by molar-refractivity contribution is -0.144. The number of carbonyl (C=O) groups excluding carboxylic acids is 1. The molecule has 1 aromatic heterocycles. The van der Waals surface area contributed by atoms with Crippen molar-refractivity contribution >= 4 is 29.0 Å². The highest BCUT2D eigenvalue weighted by Crippen LogP contribution is 2.24. The van der Waals surface area contributed by atoms with Crippen molar-refractivity contribution in [3.63, 3.8) is 0 Å². The fourth-order valence-corrected chi connectivity index (χ4v) is 2.55. The maximum Gasteiger partial charge on any atom is 0.410 e. The summed E-state index contributed by atoms with van der Waals surface area (Å²) < 4.78 is 5.43. The Morgan fingerprint density at radius 3 is 2.34 bits per heavy atom. The van der Waals surface area contributed by atoms with E-state index in [1.54, 1.807) is 33.0 Å². The molecule has 156 valence electrons. The number of amides is 1. The van der Waals surface area contributed by atoms with Gasteiger partial charge in [0.2, 0.25) is 0 Å². The van der Waals surface area contributed by atoms with Crippen molar-refractivity contribution in [3.05, 3.63) is 47.7 Å². The molecule has 29 heavy (non-hydrogen) atoms. The maximum atomic E-state index is 12.3. The molecule has 0 aliphatic heterocycles. The quantitative estimate of drug-likeness (QED) is 0.740. The lowest BCUT2D eigenvalue weighted by Gasteiger charge is -2.28. The topological polar surface area (TPSA) is 79.7 Å². The molecule has 0 bridgehead atoms. The first-order chi connectivity index (χ1) is 13.3. The standard InChI is InChI=1S/C23H30N2O4/c1-15(25(7)21(28)29-22(2,3)4)18-11-10-17-9-8-16(14-19(17)24-18)12-13-23(5,6)20(26)27/h8-15H,1-7H3,(H,26,27). The lowest BCUT2D eigenvalue weighted by atomic mass is 9.92. The van der Waals surface area contributed by atoms with Crippen LogP contribution in [0.15, 0.2) is 36.4 Å². The van der Waals surface area contributed by atoms with Crippen molar-refractivity contribution in [2.75, 3.05) is 7.05 Å². The van der Waals surface area contributed by atoms with Crippen molar-refractivity contribution < 1.29 is 19.4 Å². The number of pyridine rings is 1. The number of aliphatic carboxylic acids is 1. The van der Waals surface area contributed by atoms with E-state index in [4.69, 9.17) is 9.72 Å². The van der Waals surface area contributed by atoms with Crippen LogP contribution in [0.1, 0.15) is 58.8 Å². The minimum atomic E-state index is -0.950. The van der Waals surface area contributed by atoms with Crippen molar-refractivity contribution in [3.8, 4) is 0 Å². The molecule has 0 spiro atoms. The van der Waals surface area contributed by atoms with Gasteiger partial charge in [-0.1, -0.05) is 30.4 Å². The number of rotatable bonds is 5. The fraction of sp³-hybridized carbons (Fsp3) is 0.435. The predicted octanol–water partition coefficient (Wildman–Crippen LogP) is 5.29. The molecule has 0 saturated heterocycles. The number of carbonyl (C=O) groups is 2. The molecule has 2 rings (SSSR count). The normalized spacial score (nSPS) is 13.5. The first kappa shape index (κ1) is 22.4. The van der Waals surface area contributed by atoms with Crippen molar-refractivity contribution in [1.82, 2.24) is 9.88 Å². The van der Waals surface area contributed by atoms with Gasteiger partial charge in [0.05, 0.1) is 22.7 Å². The van der Waals surface area contributed by atoms with Gasteiger partial charge in [0.15, 0.2) is 0 Å². The molecule has 1 heterocycles. The third-order valence-electron chi connectivity index (χ3n) is 4.67. The third-order valence-corrected chi connectivity index (χ3v) is 4.67. The predicted molar refractivity (Wildman–Crippen MR) is 115 cm³/mol. The molecule has 2 aromatic rings. The number of hydrogen-bond acceptors (Lipinski definition) is 4. The van der Waals surface area contributed by atoms with Gasteiger partial charge in [-0.15, -0.1) is 0 Å². The van der Waals surface area contributed by atoms with Crippen LogP contribution in [0, 0.1) is 5.41 Å². The third kappa shape index (κ3) is 5.79. The van der Waals surface area contributed by atoms with E-state index < -0.39 is 23.1 Å². The summed E-state index contributed by atoms with van der Waals surface area (Å²) in [6.45, 7) is 10.7. The van der Waals surface area contributed by atoms with E-state index in [0.717, 1.165) is 22.2 Å². The molecular weight excluding hydrogens is 368 g/mol. The zero-order valence-corrected chi connectivity index (χ0v) is 18.2. The van der Waals surface area contributed by atoms with Crippen molar-refractivity contribution in [2.24, 2.45) is 5.41 Å². The summed E-state index contributed by atoms with van der Waals surface area (Å²) in [5.41, 5.74) is 0.881. The van der Waals surface area contributed by atoms with Gasteiger partial charge in [-0.2, -0.15) is 0 Å². The van der Waals surface area contributed by atoms with E-state index >= 15 is 0 Å². The molecule has 1 amide bonds. The van der Waals surface area contributed by atoms with Gasteiger partial charge in [-0.05, 0) is 59.2 Å². The van der Waals surface area contributed by atoms with Crippen LogP contribution < -0.4 is 0 Å². The average molecular weight is 399 g/mol. The van der Waals surface area contributed by atoms with Crippen molar-refractivity contribution in [1.29, 1.82) is 0 Å². The number of fused-ring (bicyclic) bond motifs is 1. The zero-order chi connectivity index (χ0) is 22.0. The summed E-state index contributed by atoms with van der Waals surface area (Å²) >= 11 is 0. The Kier molecular flexibility index (Phi) is 6.36. The fourth-order valence-electron chi connectivity index (χ4n) is 2.55. The van der Waals surface area contributed by atoms with E-state index in [-0.39, 0.29) is 6.04 Å². The highest BCUT2D eigenvalue weighted by atomic mass is 16.6. The summed E-state index contributed by atoms with van der Waals surface area (Å²) in [5.74, 6) is -0.881. The number of benzene rings is 1. The van der Waals surface area contributed by atoms with Crippen LogP contribution >= 0.6 is 0 Å². The van der Waals surface area contributed by atoms with Crippen LogP contribution in [0.3, 0.4) is 0 Å². The molecule has 0 saturated carbocycles. The smallest absolute Gasteiger partial charge is 0.410 e. The van der Waals surface area contributed by atoms with E-state index in [2.05, 4.69) is 0 Å². The van der Waals surface area contributed by atoms with Crippen LogP contribution in [0.5, 0.6) is 0 Å². The second-order valence-corrected chi connectivity index (χ2v) is 8.82. The number of carboxylic acids is 1. The van der Waals surface area contributed by atoms with Crippen molar-refractivity contribution in [2.45, 2.75) is 53.2 Å². The minimum Gasteiger partial charge on any atom is -0.481 e. The lowest BCUT2D eigenvalue weighted by Crippen LogP contribution is -2.36. The van der Waals surface area contributed by atoms with Gasteiger partial charge in [0.25, 0.3) is 0 Å². The monoisotopic (exact) mass is 398 g/mol. The van der Waals surface area contributed by atoms with E-state index in [1.807, 2.05) is 58.0 Å².